The van der Waals surface area contributed by atoms with Crippen LogP contribution < -0.4 is 28.9 Å². The molecule has 182 valence electrons. The van der Waals surface area contributed by atoms with E-state index in [2.05, 4.69) is 21.0 Å². The average Bonchev–Trinajstić information content (AvgIpc) is 2.64. The van der Waals surface area contributed by atoms with Crippen LogP contribution in [0.4, 0.5) is 0 Å². The minimum absolute atomic E-state index is 0. The molecule has 3 N–H and O–H groups in total. The molecule has 0 aliphatic rings. The van der Waals surface area contributed by atoms with Gasteiger partial charge in [0.25, 0.3) is 0 Å². The highest BCUT2D eigenvalue weighted by Gasteiger charge is 2.25. The van der Waals surface area contributed by atoms with Crippen molar-refractivity contribution in [3.8, 4) is 0 Å². The van der Waals surface area contributed by atoms with Crippen molar-refractivity contribution in [1.29, 1.82) is 0 Å². The van der Waals surface area contributed by atoms with Gasteiger partial charge in [0, 0.05) is 5.31 Å². The topological polar surface area (TPSA) is 62.0 Å². The summed E-state index contributed by atoms with van der Waals surface area (Å²) in [5.41, 5.74) is 0.999. The molecule has 0 radical (unpaired) electrons. The first-order chi connectivity index (χ1) is 13.8. The summed E-state index contributed by atoms with van der Waals surface area (Å²) in [5.74, 6) is 0. The lowest BCUT2D eigenvalue weighted by Gasteiger charge is -2.18. The second kappa shape index (κ2) is 21.4. The first-order valence-corrected chi connectivity index (χ1v) is 14.0. The van der Waals surface area contributed by atoms with Crippen molar-refractivity contribution in [2.24, 2.45) is 0 Å². The summed E-state index contributed by atoms with van der Waals surface area (Å²) in [4.78, 5) is 20.7. The van der Waals surface area contributed by atoms with Gasteiger partial charge in [-0.15, -0.1) is 0 Å². The normalized spacial score (nSPS) is 12.8. The van der Waals surface area contributed by atoms with E-state index in [0.717, 1.165) is 31.4 Å². The zero-order valence-electron chi connectivity index (χ0n) is 20.4. The molecule has 6 heteroatoms. The molecule has 0 aromatic heterocycles. The molecule has 0 saturated carbocycles. The number of hydrogen-bond acceptors (Lipinski definition) is 1. The predicted molar refractivity (Wildman–Crippen MR) is 127 cm³/mol. The van der Waals surface area contributed by atoms with E-state index in [0.29, 0.717) is 11.7 Å². The highest BCUT2D eigenvalue weighted by atomic mass is 127. The molecular formula is C24H51INO3P. The van der Waals surface area contributed by atoms with E-state index < -0.39 is 7.60 Å². The van der Waals surface area contributed by atoms with Gasteiger partial charge in [0.05, 0.1) is 20.6 Å². The first kappa shape index (κ1) is 32.8. The molecule has 0 aromatic carbocycles. The SMILES string of the molecule is CCCCCCCCCCCCCCCC/C(C[NH+](C)C)=C(\CCC)P(=O)(O)O.[I-]. The van der Waals surface area contributed by atoms with Crippen molar-refractivity contribution in [1.82, 2.24) is 0 Å². The summed E-state index contributed by atoms with van der Waals surface area (Å²) in [5, 5.41) is 0.413. The van der Waals surface area contributed by atoms with Crippen LogP contribution in [-0.4, -0.2) is 30.4 Å². The standard InChI is InChI=1S/C24H50NO3P.HI/c1-5-7-8-9-10-11-12-13-14-15-16-17-18-19-21-23(22-25(3)4)24(20-6-2)29(26,27)28;/h5-22H2,1-4H3,(H2,26,27,28);1H/b24-23-;. The number of likely N-dealkylation sites (N-methyl/N-ethyl adjacent to an activating group) is 1. The fourth-order valence-electron chi connectivity index (χ4n) is 4.06. The van der Waals surface area contributed by atoms with Crippen LogP contribution in [0, 0.1) is 0 Å². The summed E-state index contributed by atoms with van der Waals surface area (Å²) in [7, 11) is -0.0266. The molecule has 0 spiro atoms. The van der Waals surface area contributed by atoms with Crippen molar-refractivity contribution in [3.05, 3.63) is 10.9 Å². The Kier molecular flexibility index (Phi) is 23.4. The molecule has 0 unspecified atom stereocenters. The van der Waals surface area contributed by atoms with Crippen LogP contribution in [0.2, 0.25) is 0 Å². The Balaban J connectivity index is 0. The zero-order chi connectivity index (χ0) is 22.0. The highest BCUT2D eigenvalue weighted by molar-refractivity contribution is 7.56. The van der Waals surface area contributed by atoms with Crippen LogP contribution in [0.3, 0.4) is 0 Å². The Morgan fingerprint density at radius 1 is 0.667 bits per heavy atom. The highest BCUT2D eigenvalue weighted by Crippen LogP contribution is 2.49. The van der Waals surface area contributed by atoms with Gasteiger partial charge in [-0.25, -0.2) is 0 Å². The van der Waals surface area contributed by atoms with Crippen LogP contribution in [0.25, 0.3) is 0 Å². The molecule has 0 aliphatic carbocycles. The predicted octanol–water partition coefficient (Wildman–Crippen LogP) is 3.24. The Morgan fingerprint density at radius 2 is 1.07 bits per heavy atom. The van der Waals surface area contributed by atoms with Gasteiger partial charge in [-0.3, -0.25) is 4.57 Å². The van der Waals surface area contributed by atoms with E-state index >= 15 is 0 Å². The Labute approximate surface area is 204 Å². The number of nitrogens with one attached hydrogen (secondary N) is 1. The summed E-state index contributed by atoms with van der Waals surface area (Å²) >= 11 is 0. The zero-order valence-corrected chi connectivity index (χ0v) is 23.4. The summed E-state index contributed by atoms with van der Waals surface area (Å²) in [6.45, 7) is 4.99. The number of halogens is 1. The lowest BCUT2D eigenvalue weighted by atomic mass is 10.0. The number of allylic oxidation sites excluding steroid dienone is 1. The second-order valence-corrected chi connectivity index (χ2v) is 10.7. The fraction of sp³-hybridized carbons (Fsp3) is 0.917. The molecule has 0 aromatic rings. The Morgan fingerprint density at radius 3 is 1.40 bits per heavy atom. The summed E-state index contributed by atoms with van der Waals surface area (Å²) < 4.78 is 11.9. The third-order valence-electron chi connectivity index (χ3n) is 5.65. The van der Waals surface area contributed by atoms with Crippen molar-refractivity contribution in [3.63, 3.8) is 0 Å². The number of quaternary nitrogens is 1. The van der Waals surface area contributed by atoms with E-state index in [1.807, 2.05) is 6.92 Å². The van der Waals surface area contributed by atoms with Gasteiger partial charge in [0.1, 0.15) is 0 Å². The molecule has 0 saturated heterocycles. The maximum absolute atomic E-state index is 11.9. The van der Waals surface area contributed by atoms with Gasteiger partial charge in [-0.1, -0.05) is 104 Å². The monoisotopic (exact) mass is 559 g/mol. The van der Waals surface area contributed by atoms with Gasteiger partial charge < -0.3 is 38.7 Å². The van der Waals surface area contributed by atoms with Crippen molar-refractivity contribution in [2.45, 2.75) is 123 Å². The van der Waals surface area contributed by atoms with E-state index in [4.69, 9.17) is 0 Å². The van der Waals surface area contributed by atoms with Crippen molar-refractivity contribution in [2.75, 3.05) is 20.6 Å². The third kappa shape index (κ3) is 19.3. The van der Waals surface area contributed by atoms with Crippen LogP contribution in [0.5, 0.6) is 0 Å². The molecule has 0 rings (SSSR count). The first-order valence-electron chi connectivity index (χ1n) is 12.4. The van der Waals surface area contributed by atoms with E-state index in [9.17, 15) is 14.4 Å². The molecule has 30 heavy (non-hydrogen) atoms. The quantitative estimate of drug-likeness (QED) is 0.122. The Bertz CT molecular complexity index is 463. The minimum atomic E-state index is -4.13. The lowest BCUT2D eigenvalue weighted by molar-refractivity contribution is -0.853. The largest absolute Gasteiger partial charge is 1.00 e. The minimum Gasteiger partial charge on any atom is -1.00 e. The summed E-state index contributed by atoms with van der Waals surface area (Å²) in [6.07, 6.45) is 20.8. The van der Waals surface area contributed by atoms with E-state index in [1.165, 1.54) is 88.4 Å². The van der Waals surface area contributed by atoms with Gasteiger partial charge in [-0.2, -0.15) is 0 Å². The average molecular weight is 560 g/mol. The Hall–Kier alpha value is 0.580. The van der Waals surface area contributed by atoms with Gasteiger partial charge in [0.15, 0.2) is 0 Å². The van der Waals surface area contributed by atoms with Gasteiger partial charge >= 0.3 is 7.60 Å². The maximum atomic E-state index is 11.9. The molecule has 0 bridgehead atoms. The molecular weight excluding hydrogens is 508 g/mol. The van der Waals surface area contributed by atoms with Crippen molar-refractivity contribution >= 4 is 7.60 Å². The lowest BCUT2D eigenvalue weighted by Crippen LogP contribution is -3.05. The summed E-state index contributed by atoms with van der Waals surface area (Å²) in [6, 6.07) is 0. The van der Waals surface area contributed by atoms with Crippen molar-refractivity contribution < 1.29 is 43.2 Å². The van der Waals surface area contributed by atoms with Gasteiger partial charge in [0.2, 0.25) is 0 Å². The van der Waals surface area contributed by atoms with Gasteiger partial charge in [-0.05, 0) is 24.8 Å². The van der Waals surface area contributed by atoms with E-state index in [1.54, 1.807) is 0 Å². The molecule has 0 aliphatic heterocycles. The van der Waals surface area contributed by atoms with E-state index in [-0.39, 0.29) is 24.0 Å². The number of unbranched alkanes of at least 4 members (excludes halogenated alkanes) is 13. The van der Waals surface area contributed by atoms with Crippen LogP contribution in [0.1, 0.15) is 123 Å². The van der Waals surface area contributed by atoms with Crippen LogP contribution in [0.15, 0.2) is 10.9 Å². The molecule has 0 fully saturated rings. The smallest absolute Gasteiger partial charge is 0.352 e. The van der Waals surface area contributed by atoms with Crippen LogP contribution in [-0.2, 0) is 4.57 Å². The maximum Gasteiger partial charge on any atom is 0.352 e. The fourth-order valence-corrected chi connectivity index (χ4v) is 5.18. The van der Waals surface area contributed by atoms with Crippen LogP contribution >= 0.6 is 7.60 Å². The molecule has 0 heterocycles. The second-order valence-electron chi connectivity index (χ2n) is 9.07. The third-order valence-corrected chi connectivity index (χ3v) is 6.89. The molecule has 0 atom stereocenters. The molecule has 0 amide bonds. The number of rotatable bonds is 20. The number of hydrogen-bond donors (Lipinski definition) is 3. The molecule has 4 nitrogen and oxygen atoms in total.